The molecule has 17 heteroatoms. The number of phenolic OH excluding ortho intramolecular Hbond substituents is 1. The van der Waals surface area contributed by atoms with Crippen molar-refractivity contribution in [1.82, 2.24) is 4.90 Å². The van der Waals surface area contributed by atoms with Gasteiger partial charge in [0.1, 0.15) is 17.1 Å². The van der Waals surface area contributed by atoms with E-state index in [4.69, 9.17) is 5.73 Å². The van der Waals surface area contributed by atoms with Gasteiger partial charge in [0.15, 0.2) is 17.1 Å². The van der Waals surface area contributed by atoms with Crippen molar-refractivity contribution >= 4 is 50.3 Å². The molecule has 7 N–H and O–H groups in total. The molecular weight excluding hydrogens is 626 g/mol. The first-order chi connectivity index (χ1) is 21.3. The van der Waals surface area contributed by atoms with Crippen molar-refractivity contribution in [1.29, 1.82) is 0 Å². The van der Waals surface area contributed by atoms with Crippen LogP contribution in [0.1, 0.15) is 17.5 Å². The third-order valence-corrected chi connectivity index (χ3v) is 10.1. The lowest BCUT2D eigenvalue weighted by Gasteiger charge is -2.50. The summed E-state index contributed by atoms with van der Waals surface area (Å²) in [5.41, 5.74) is 0.520. The molecule has 3 unspecified atom stereocenters. The Bertz CT molecular complexity index is 1920. The van der Waals surface area contributed by atoms with Gasteiger partial charge >= 0.3 is 0 Å². The number of non-ortho nitro benzene ring substituents is 1. The molecule has 0 heterocycles. The third kappa shape index (κ3) is 4.65. The summed E-state index contributed by atoms with van der Waals surface area (Å²) in [6.45, 7) is 0. The van der Waals surface area contributed by atoms with Crippen LogP contribution in [0.3, 0.4) is 0 Å². The Labute approximate surface area is 262 Å². The molecule has 3 aliphatic carbocycles. The van der Waals surface area contributed by atoms with E-state index in [1.165, 1.54) is 31.1 Å². The standard InChI is InChI=1S/C29H31N5O11S/c1-32(2)18-11-17(31-46(44,45)14-7-5-6-13(10-14)34(42)43)23(35)20-15(18)8-12-9-16-22(33(3)4)25(37)21(28(30)40)27(39)29(16,41)26(38)19(12)24(20)36/h5-7,10-12,16,22,31,35-36,39,41H,8-9H2,1-4H3,(H2,30,40)/t12?,16?,22-,29?/m0/s1. The van der Waals surface area contributed by atoms with Gasteiger partial charge in [-0.3, -0.25) is 34.1 Å². The zero-order chi connectivity index (χ0) is 34.2. The number of aliphatic hydroxyl groups is 3. The number of nitrogens with two attached hydrogens (primary N) is 1. The molecule has 0 spiro atoms. The number of benzene rings is 2. The highest BCUT2D eigenvalue weighted by Crippen LogP contribution is 2.54. The maximum absolute atomic E-state index is 14.1. The minimum atomic E-state index is -4.54. The van der Waals surface area contributed by atoms with E-state index in [0.717, 1.165) is 18.2 Å². The van der Waals surface area contributed by atoms with Crippen LogP contribution in [0, 0.1) is 22.0 Å². The zero-order valence-electron chi connectivity index (χ0n) is 25.0. The number of nitro benzene ring substituents is 1. The van der Waals surface area contributed by atoms with Crippen molar-refractivity contribution in [2.75, 3.05) is 37.8 Å². The largest absolute Gasteiger partial charge is 0.508 e. The first kappa shape index (κ1) is 32.4. The summed E-state index contributed by atoms with van der Waals surface area (Å²) in [5, 5.41) is 57.0. The Balaban J connectivity index is 1.70. The van der Waals surface area contributed by atoms with E-state index in [1.807, 2.05) is 0 Å². The number of carbonyl (C=O) groups excluding carboxylic acids is 3. The van der Waals surface area contributed by atoms with Gasteiger partial charge in [0.25, 0.3) is 21.6 Å². The molecule has 4 atom stereocenters. The van der Waals surface area contributed by atoms with Crippen molar-refractivity contribution in [3.63, 3.8) is 0 Å². The number of Topliss-reactive ketones (excluding diaryl/α,β-unsaturated/α-hetero) is 2. The molecule has 0 aliphatic heterocycles. The molecule has 0 bridgehead atoms. The van der Waals surface area contributed by atoms with Crippen LogP contribution in [0.5, 0.6) is 5.75 Å². The summed E-state index contributed by atoms with van der Waals surface area (Å²) >= 11 is 0. The Morgan fingerprint density at radius 2 is 1.78 bits per heavy atom. The number of amides is 1. The second kappa shape index (κ2) is 10.8. The average molecular weight is 658 g/mol. The summed E-state index contributed by atoms with van der Waals surface area (Å²) in [5.74, 6) is -8.40. The fraction of sp³-hybridized carbons (Fsp3) is 0.345. The van der Waals surface area contributed by atoms with Crippen molar-refractivity contribution in [3.8, 4) is 5.75 Å². The lowest BCUT2D eigenvalue weighted by Crippen LogP contribution is -2.65. The molecule has 5 rings (SSSR count). The number of anilines is 2. The molecular formula is C29H31N5O11S. The lowest BCUT2D eigenvalue weighted by atomic mass is 9.57. The molecule has 2 aromatic rings. The van der Waals surface area contributed by atoms with Gasteiger partial charge in [0, 0.05) is 43.4 Å². The van der Waals surface area contributed by atoms with Gasteiger partial charge in [-0.15, -0.1) is 0 Å². The maximum atomic E-state index is 14.1. The van der Waals surface area contributed by atoms with Crippen molar-refractivity contribution in [2.24, 2.45) is 17.6 Å². The van der Waals surface area contributed by atoms with Crippen molar-refractivity contribution < 1.29 is 48.2 Å². The van der Waals surface area contributed by atoms with Gasteiger partial charge in [-0.1, -0.05) is 6.07 Å². The van der Waals surface area contributed by atoms with E-state index in [9.17, 15) is 53.3 Å². The van der Waals surface area contributed by atoms with Crippen molar-refractivity contribution in [3.05, 3.63) is 68.5 Å². The number of aliphatic hydroxyl groups excluding tert-OH is 2. The predicted octanol–water partition coefficient (Wildman–Crippen LogP) is 0.739. The van der Waals surface area contributed by atoms with Crippen LogP contribution in [0.4, 0.5) is 17.1 Å². The minimum absolute atomic E-state index is 0.0203. The van der Waals surface area contributed by atoms with Gasteiger partial charge < -0.3 is 31.1 Å². The molecule has 3 aliphatic rings. The van der Waals surface area contributed by atoms with Gasteiger partial charge in [-0.2, -0.15) is 0 Å². The van der Waals surface area contributed by atoms with Crippen LogP contribution in [0.15, 0.2) is 52.1 Å². The number of ketones is 2. The highest BCUT2D eigenvalue weighted by Gasteiger charge is 2.64. The molecule has 16 nitrogen and oxygen atoms in total. The molecule has 0 radical (unpaired) electrons. The second-order valence-electron chi connectivity index (χ2n) is 11.9. The number of nitro groups is 1. The van der Waals surface area contributed by atoms with Crippen LogP contribution in [-0.4, -0.2) is 96.0 Å². The molecule has 1 saturated carbocycles. The first-order valence-corrected chi connectivity index (χ1v) is 15.3. The number of hydrogen-bond acceptors (Lipinski definition) is 13. The number of nitrogens with one attached hydrogen (secondary N) is 1. The summed E-state index contributed by atoms with van der Waals surface area (Å²) in [6.07, 6.45) is -0.145. The minimum Gasteiger partial charge on any atom is -0.508 e. The highest BCUT2D eigenvalue weighted by atomic mass is 32.2. The molecule has 244 valence electrons. The summed E-state index contributed by atoms with van der Waals surface area (Å²) < 4.78 is 28.7. The maximum Gasteiger partial charge on any atom is 0.270 e. The number of aromatic hydroxyl groups is 1. The monoisotopic (exact) mass is 657 g/mol. The van der Waals surface area contributed by atoms with E-state index in [2.05, 4.69) is 4.72 Å². The Morgan fingerprint density at radius 3 is 2.35 bits per heavy atom. The topological polar surface area (TPSA) is 254 Å². The van der Waals surface area contributed by atoms with Crippen LogP contribution >= 0.6 is 0 Å². The second-order valence-corrected chi connectivity index (χ2v) is 13.5. The lowest BCUT2D eigenvalue weighted by molar-refractivity contribution is -0.385. The third-order valence-electron chi connectivity index (χ3n) is 8.76. The Kier molecular flexibility index (Phi) is 7.62. The van der Waals surface area contributed by atoms with Gasteiger partial charge in [0.2, 0.25) is 5.78 Å². The van der Waals surface area contributed by atoms with Gasteiger partial charge in [-0.05, 0) is 50.6 Å². The smallest absolute Gasteiger partial charge is 0.270 e. The number of phenols is 1. The number of nitrogens with zero attached hydrogens (tertiary/aromatic N) is 3. The number of primary amides is 1. The first-order valence-electron chi connectivity index (χ1n) is 13.8. The van der Waals surface area contributed by atoms with E-state index in [-0.39, 0.29) is 18.4 Å². The molecule has 2 aromatic carbocycles. The van der Waals surface area contributed by atoms with E-state index in [0.29, 0.717) is 11.3 Å². The van der Waals surface area contributed by atoms with Gasteiger partial charge in [0.05, 0.1) is 27.1 Å². The van der Waals surface area contributed by atoms with Crippen LogP contribution < -0.4 is 15.4 Å². The fourth-order valence-electron chi connectivity index (χ4n) is 6.74. The van der Waals surface area contributed by atoms with E-state index in [1.54, 1.807) is 19.0 Å². The van der Waals surface area contributed by atoms with E-state index >= 15 is 0 Å². The zero-order valence-corrected chi connectivity index (χ0v) is 25.8. The molecule has 0 aromatic heterocycles. The van der Waals surface area contributed by atoms with Gasteiger partial charge in [-0.25, -0.2) is 8.42 Å². The Hall–Kier alpha value is -5.00. The summed E-state index contributed by atoms with van der Waals surface area (Å²) in [6, 6.07) is 4.24. The van der Waals surface area contributed by atoms with E-state index < -0.39 is 101 Å². The predicted molar refractivity (Wildman–Crippen MR) is 162 cm³/mol. The number of sulfonamides is 1. The highest BCUT2D eigenvalue weighted by molar-refractivity contribution is 7.92. The number of hydrogen-bond donors (Lipinski definition) is 6. The van der Waals surface area contributed by atoms with Crippen LogP contribution in [0.2, 0.25) is 0 Å². The number of fused-ring (bicyclic) bond motifs is 3. The molecule has 1 fully saturated rings. The van der Waals surface area contributed by atoms with Crippen molar-refractivity contribution in [2.45, 2.75) is 29.4 Å². The Morgan fingerprint density at radius 1 is 1.13 bits per heavy atom. The SMILES string of the molecule is CN(C)c1cc(NS(=O)(=O)c2cccc([N+](=O)[O-])c2)c(O)c2c1CC1CC3[C@H](N(C)C)C(=O)C(C(N)=O)=C(O)C3(O)C(=O)C1=C2O. The molecule has 0 saturated heterocycles. The number of carbonyl (C=O) groups is 3. The fourth-order valence-corrected chi connectivity index (χ4v) is 7.83. The summed E-state index contributed by atoms with van der Waals surface area (Å²) in [4.78, 5) is 52.5. The molecule has 1 amide bonds. The number of rotatable bonds is 7. The van der Waals surface area contributed by atoms with Crippen LogP contribution in [-0.2, 0) is 30.8 Å². The normalized spacial score (nSPS) is 24.3. The van der Waals surface area contributed by atoms with Crippen LogP contribution in [0.25, 0.3) is 5.76 Å². The molecule has 46 heavy (non-hydrogen) atoms. The quantitative estimate of drug-likeness (QED) is 0.104. The summed E-state index contributed by atoms with van der Waals surface area (Å²) in [7, 11) is 1.67. The average Bonchev–Trinajstić information content (AvgIpc) is 2.95. The number of likely N-dealkylation sites (N-methyl/N-ethyl adjacent to an activating group) is 1.